The lowest BCUT2D eigenvalue weighted by Crippen LogP contribution is -2.33. The maximum atomic E-state index is 4.67. The molecule has 0 saturated carbocycles. The second-order valence-corrected chi connectivity index (χ2v) is 6.05. The molecule has 0 unspecified atom stereocenters. The Hall–Kier alpha value is -2.74. The van der Waals surface area contributed by atoms with Gasteiger partial charge in [-0.3, -0.25) is 19.7 Å². The van der Waals surface area contributed by atoms with Gasteiger partial charge in [-0.2, -0.15) is 10.2 Å². The first-order chi connectivity index (χ1) is 11.8. The minimum Gasteiger partial charge on any atom is -0.363 e. The van der Waals surface area contributed by atoms with Crippen LogP contribution in [0.2, 0.25) is 0 Å². The molecule has 0 atom stereocenters. The predicted molar refractivity (Wildman–Crippen MR) is 89.0 cm³/mol. The summed E-state index contributed by atoms with van der Waals surface area (Å²) in [4.78, 5) is 10.7. The van der Waals surface area contributed by atoms with Crippen LogP contribution in [0.5, 0.6) is 0 Å². The average Bonchev–Trinajstić information content (AvgIpc) is 3.19. The van der Waals surface area contributed by atoms with Crippen molar-refractivity contribution in [2.75, 3.05) is 11.9 Å². The molecule has 1 aliphatic heterocycles. The van der Waals surface area contributed by atoms with E-state index in [1.54, 1.807) is 18.6 Å². The van der Waals surface area contributed by atoms with Crippen LogP contribution in [0.1, 0.15) is 22.8 Å². The zero-order valence-electron chi connectivity index (χ0n) is 13.6. The molecule has 8 nitrogen and oxygen atoms in total. The molecule has 0 amide bonds. The van der Waals surface area contributed by atoms with Crippen molar-refractivity contribution in [2.24, 2.45) is 0 Å². The summed E-state index contributed by atoms with van der Waals surface area (Å²) in [5.41, 5.74) is 4.45. The third-order valence-corrected chi connectivity index (χ3v) is 4.09. The number of anilines is 1. The van der Waals surface area contributed by atoms with Crippen LogP contribution in [-0.4, -0.2) is 41.4 Å². The van der Waals surface area contributed by atoms with Crippen molar-refractivity contribution < 1.29 is 0 Å². The SMILES string of the molecule is Cc1cc(CN2CCn3nc(CNc4cnccn4)cc3C2)n[nH]1. The number of fused-ring (bicyclic) bond motifs is 1. The first-order valence-electron chi connectivity index (χ1n) is 8.05. The van der Waals surface area contributed by atoms with Gasteiger partial charge < -0.3 is 5.32 Å². The van der Waals surface area contributed by atoms with Gasteiger partial charge in [-0.25, -0.2) is 4.98 Å². The van der Waals surface area contributed by atoms with Gasteiger partial charge in [0.1, 0.15) is 5.82 Å². The van der Waals surface area contributed by atoms with E-state index in [0.29, 0.717) is 6.54 Å². The van der Waals surface area contributed by atoms with Crippen LogP contribution in [0.15, 0.2) is 30.7 Å². The fraction of sp³-hybridized carbons (Fsp3) is 0.375. The molecule has 24 heavy (non-hydrogen) atoms. The quantitative estimate of drug-likeness (QED) is 0.736. The number of nitrogens with one attached hydrogen (secondary N) is 2. The van der Waals surface area contributed by atoms with Crippen molar-refractivity contribution in [1.82, 2.24) is 34.8 Å². The molecule has 3 aromatic rings. The molecule has 1 aliphatic rings. The first-order valence-corrected chi connectivity index (χ1v) is 8.05. The molecular weight excluding hydrogens is 304 g/mol. The van der Waals surface area contributed by atoms with Gasteiger partial charge in [0, 0.05) is 37.7 Å². The number of hydrogen-bond acceptors (Lipinski definition) is 6. The number of nitrogens with zero attached hydrogens (tertiary/aromatic N) is 6. The summed E-state index contributed by atoms with van der Waals surface area (Å²) in [6.07, 6.45) is 5.05. The molecule has 4 heterocycles. The van der Waals surface area contributed by atoms with E-state index >= 15 is 0 Å². The third kappa shape index (κ3) is 3.28. The smallest absolute Gasteiger partial charge is 0.144 e. The van der Waals surface area contributed by atoms with E-state index in [-0.39, 0.29) is 0 Å². The van der Waals surface area contributed by atoms with Crippen LogP contribution in [0.4, 0.5) is 5.82 Å². The van der Waals surface area contributed by atoms with Crippen LogP contribution in [0, 0.1) is 6.92 Å². The van der Waals surface area contributed by atoms with Gasteiger partial charge in [0.15, 0.2) is 0 Å². The van der Waals surface area contributed by atoms with E-state index in [4.69, 9.17) is 0 Å². The molecule has 124 valence electrons. The van der Waals surface area contributed by atoms with E-state index < -0.39 is 0 Å². The van der Waals surface area contributed by atoms with Crippen LogP contribution in [0.3, 0.4) is 0 Å². The molecule has 0 saturated heterocycles. The van der Waals surface area contributed by atoms with Gasteiger partial charge >= 0.3 is 0 Å². The molecule has 0 aromatic carbocycles. The molecule has 0 spiro atoms. The monoisotopic (exact) mass is 324 g/mol. The van der Waals surface area contributed by atoms with Gasteiger partial charge in [-0.05, 0) is 19.1 Å². The molecule has 0 bridgehead atoms. The van der Waals surface area contributed by atoms with Crippen LogP contribution in [0.25, 0.3) is 0 Å². The Balaban J connectivity index is 1.38. The van der Waals surface area contributed by atoms with Crippen molar-refractivity contribution >= 4 is 5.82 Å². The zero-order valence-corrected chi connectivity index (χ0v) is 13.6. The van der Waals surface area contributed by atoms with Gasteiger partial charge in [0.2, 0.25) is 0 Å². The van der Waals surface area contributed by atoms with E-state index in [1.807, 2.05) is 6.92 Å². The minimum atomic E-state index is 0.650. The van der Waals surface area contributed by atoms with Gasteiger partial charge in [-0.1, -0.05) is 0 Å². The maximum Gasteiger partial charge on any atom is 0.144 e. The summed E-state index contributed by atoms with van der Waals surface area (Å²) in [7, 11) is 0. The standard InChI is InChI=1S/C16H20N8/c1-12-6-14(21-20-12)10-23-4-5-24-15(11-23)7-13(22-24)8-19-16-9-17-2-3-18-16/h2-3,6-7,9H,4-5,8,10-11H2,1H3,(H,18,19)(H,20,21). The Morgan fingerprint density at radius 3 is 2.96 bits per heavy atom. The molecule has 0 aliphatic carbocycles. The Morgan fingerprint density at radius 1 is 1.21 bits per heavy atom. The number of aromatic amines is 1. The van der Waals surface area contributed by atoms with Gasteiger partial charge in [-0.15, -0.1) is 0 Å². The third-order valence-electron chi connectivity index (χ3n) is 4.09. The Morgan fingerprint density at radius 2 is 2.17 bits per heavy atom. The Labute approximate surface area is 139 Å². The van der Waals surface area contributed by atoms with Crippen molar-refractivity contribution in [1.29, 1.82) is 0 Å². The fourth-order valence-corrected chi connectivity index (χ4v) is 2.96. The highest BCUT2D eigenvalue weighted by atomic mass is 15.3. The van der Waals surface area contributed by atoms with E-state index in [2.05, 4.69) is 52.3 Å². The molecule has 0 fully saturated rings. The van der Waals surface area contributed by atoms with Crippen molar-refractivity contribution in [3.05, 3.63) is 53.5 Å². The molecule has 8 heteroatoms. The number of hydrogen-bond donors (Lipinski definition) is 2. The van der Waals surface area contributed by atoms with E-state index in [1.165, 1.54) is 5.69 Å². The Bertz CT molecular complexity index is 807. The van der Waals surface area contributed by atoms with Crippen LogP contribution >= 0.6 is 0 Å². The fourth-order valence-electron chi connectivity index (χ4n) is 2.96. The van der Waals surface area contributed by atoms with Crippen molar-refractivity contribution in [3.63, 3.8) is 0 Å². The number of aryl methyl sites for hydroxylation is 1. The minimum absolute atomic E-state index is 0.650. The summed E-state index contributed by atoms with van der Waals surface area (Å²) < 4.78 is 2.10. The predicted octanol–water partition coefficient (Wildman–Crippen LogP) is 1.33. The second-order valence-electron chi connectivity index (χ2n) is 6.05. The lowest BCUT2D eigenvalue weighted by Gasteiger charge is -2.26. The summed E-state index contributed by atoms with van der Waals surface area (Å²) in [5, 5.41) is 15.2. The summed E-state index contributed by atoms with van der Waals surface area (Å²) in [6.45, 7) is 6.32. The number of aromatic nitrogens is 6. The van der Waals surface area contributed by atoms with Crippen LogP contribution in [-0.2, 0) is 26.2 Å². The van der Waals surface area contributed by atoms with E-state index in [9.17, 15) is 0 Å². The largest absolute Gasteiger partial charge is 0.363 e. The second kappa shape index (κ2) is 6.40. The summed E-state index contributed by atoms with van der Waals surface area (Å²) in [5.74, 6) is 0.763. The van der Waals surface area contributed by atoms with Crippen LogP contribution < -0.4 is 5.32 Å². The summed E-state index contributed by atoms with van der Waals surface area (Å²) in [6, 6.07) is 4.26. The molecular formula is C16H20N8. The lowest BCUT2D eigenvalue weighted by atomic mass is 10.2. The zero-order chi connectivity index (χ0) is 16.4. The Kier molecular flexibility index (Phi) is 3.96. The summed E-state index contributed by atoms with van der Waals surface area (Å²) >= 11 is 0. The maximum absolute atomic E-state index is 4.67. The highest BCUT2D eigenvalue weighted by Gasteiger charge is 2.19. The molecule has 2 N–H and O–H groups in total. The van der Waals surface area contributed by atoms with E-state index in [0.717, 1.165) is 49.1 Å². The highest BCUT2D eigenvalue weighted by molar-refractivity contribution is 5.31. The molecule has 3 aromatic heterocycles. The lowest BCUT2D eigenvalue weighted by molar-refractivity contribution is 0.203. The highest BCUT2D eigenvalue weighted by Crippen LogP contribution is 2.16. The first kappa shape index (κ1) is 14.8. The van der Waals surface area contributed by atoms with Gasteiger partial charge in [0.25, 0.3) is 0 Å². The molecule has 4 rings (SSSR count). The van der Waals surface area contributed by atoms with Crippen molar-refractivity contribution in [2.45, 2.75) is 33.1 Å². The average molecular weight is 324 g/mol. The topological polar surface area (TPSA) is 87.6 Å². The van der Waals surface area contributed by atoms with Gasteiger partial charge in [0.05, 0.1) is 36.4 Å². The molecule has 0 radical (unpaired) electrons. The number of rotatable bonds is 5. The number of H-pyrrole nitrogens is 1. The normalized spacial score (nSPS) is 14.5. The van der Waals surface area contributed by atoms with Crippen molar-refractivity contribution in [3.8, 4) is 0 Å².